The first-order valence-electron chi connectivity index (χ1n) is 6.52. The Morgan fingerprint density at radius 3 is 2.95 bits per heavy atom. The van der Waals surface area contributed by atoms with Crippen LogP contribution in [-0.4, -0.2) is 36.6 Å². The zero-order chi connectivity index (χ0) is 15.2. The molecular formula is C11H17N7OS2. The molecule has 0 aromatic carbocycles. The molecule has 0 spiro atoms. The number of thioether (sulfide) groups is 1. The summed E-state index contributed by atoms with van der Waals surface area (Å²) in [6.07, 6.45) is 2.26. The summed E-state index contributed by atoms with van der Waals surface area (Å²) < 4.78 is 2.47. The first-order chi connectivity index (χ1) is 10.1. The van der Waals surface area contributed by atoms with E-state index in [2.05, 4.69) is 25.6 Å². The van der Waals surface area contributed by atoms with Crippen molar-refractivity contribution in [2.24, 2.45) is 0 Å². The zero-order valence-corrected chi connectivity index (χ0v) is 13.4. The lowest BCUT2D eigenvalue weighted by Crippen LogP contribution is -2.31. The normalized spacial score (nSPS) is 12.3. The predicted octanol–water partition coefficient (Wildman–Crippen LogP) is 1.09. The first-order valence-corrected chi connectivity index (χ1v) is 8.33. The first kappa shape index (κ1) is 15.7. The number of hydrogen-bond acceptors (Lipinski definition) is 8. The van der Waals surface area contributed by atoms with E-state index in [0.717, 1.165) is 18.8 Å². The third-order valence-corrected chi connectivity index (χ3v) is 4.63. The zero-order valence-electron chi connectivity index (χ0n) is 11.8. The Balaban J connectivity index is 1.91. The van der Waals surface area contributed by atoms with Crippen LogP contribution in [0.5, 0.6) is 0 Å². The molecule has 2 rings (SSSR count). The maximum absolute atomic E-state index is 12.0. The average Bonchev–Trinajstić information content (AvgIpc) is 3.11. The molecule has 0 fully saturated rings. The van der Waals surface area contributed by atoms with Crippen LogP contribution in [0, 0.1) is 0 Å². The lowest BCUT2D eigenvalue weighted by Gasteiger charge is -2.16. The molecule has 21 heavy (non-hydrogen) atoms. The highest BCUT2D eigenvalue weighted by Crippen LogP contribution is 2.23. The summed E-state index contributed by atoms with van der Waals surface area (Å²) in [5.74, 6) is 0.968. The lowest BCUT2D eigenvalue weighted by molar-refractivity contribution is -0.119. The summed E-state index contributed by atoms with van der Waals surface area (Å²) in [5.41, 5.74) is 5.50. The van der Waals surface area contributed by atoms with Crippen molar-refractivity contribution in [1.29, 1.82) is 0 Å². The molecule has 2 aromatic rings. The molecule has 8 nitrogen and oxygen atoms in total. The Labute approximate surface area is 130 Å². The Bertz CT molecular complexity index is 597. The summed E-state index contributed by atoms with van der Waals surface area (Å²) >= 11 is 2.59. The van der Waals surface area contributed by atoms with Gasteiger partial charge in [0.1, 0.15) is 12.2 Å². The van der Waals surface area contributed by atoms with Crippen molar-refractivity contribution >= 4 is 34.1 Å². The summed E-state index contributed by atoms with van der Waals surface area (Å²) in [7, 11) is 0. The Hall–Kier alpha value is -1.68. The van der Waals surface area contributed by atoms with Gasteiger partial charge in [0, 0.05) is 6.54 Å². The number of anilines is 1. The topological polar surface area (TPSA) is 112 Å². The van der Waals surface area contributed by atoms with Gasteiger partial charge in [-0.3, -0.25) is 4.79 Å². The second-order valence-electron chi connectivity index (χ2n) is 4.16. The van der Waals surface area contributed by atoms with E-state index in [1.165, 1.54) is 29.4 Å². The molecule has 0 aliphatic carbocycles. The number of nitrogens with one attached hydrogen (secondary N) is 1. The molecule has 2 heterocycles. The third-order valence-electron chi connectivity index (χ3n) is 2.75. The smallest absolute Gasteiger partial charge is 0.231 e. The number of nitrogens with two attached hydrogens (primary N) is 1. The molecule has 3 N–H and O–H groups in total. The second kappa shape index (κ2) is 7.36. The standard InChI is InChI=1S/C11H17N7OS2/c1-3-7(9-13-6-14-18(9)4-2)15-8(19)5-20-11-17-16-10(12)21-11/h6-7H,3-5H2,1-2H3,(H2,12,16)(H,15,19). The van der Waals surface area contributed by atoms with Crippen LogP contribution in [0.1, 0.15) is 32.1 Å². The molecule has 2 aromatic heterocycles. The van der Waals surface area contributed by atoms with Crippen molar-refractivity contribution in [2.45, 2.75) is 37.2 Å². The molecule has 114 valence electrons. The molecule has 0 radical (unpaired) electrons. The monoisotopic (exact) mass is 327 g/mol. The van der Waals surface area contributed by atoms with Gasteiger partial charge in [-0.15, -0.1) is 10.2 Å². The highest BCUT2D eigenvalue weighted by atomic mass is 32.2. The second-order valence-corrected chi connectivity index (χ2v) is 6.39. The number of nitrogen functional groups attached to an aromatic ring is 1. The van der Waals surface area contributed by atoms with Gasteiger partial charge in [0.2, 0.25) is 11.0 Å². The molecule has 1 unspecified atom stereocenters. The summed E-state index contributed by atoms with van der Waals surface area (Å²) in [4.78, 5) is 16.2. The Morgan fingerprint density at radius 1 is 1.52 bits per heavy atom. The third kappa shape index (κ3) is 4.14. The van der Waals surface area contributed by atoms with Crippen molar-refractivity contribution in [2.75, 3.05) is 11.5 Å². The van der Waals surface area contributed by atoms with E-state index in [4.69, 9.17) is 5.73 Å². The van der Waals surface area contributed by atoms with E-state index in [-0.39, 0.29) is 17.7 Å². The molecule has 0 bridgehead atoms. The highest BCUT2D eigenvalue weighted by Gasteiger charge is 2.18. The molecule has 1 amide bonds. The molecule has 0 saturated carbocycles. The van der Waals surface area contributed by atoms with Crippen molar-refractivity contribution in [3.05, 3.63) is 12.2 Å². The van der Waals surface area contributed by atoms with Crippen LogP contribution in [-0.2, 0) is 11.3 Å². The SMILES string of the molecule is CCC(NC(=O)CSc1nnc(N)s1)c1ncnn1CC. The summed E-state index contributed by atoms with van der Waals surface area (Å²) in [6, 6.07) is -0.139. The number of aromatic nitrogens is 5. The van der Waals surface area contributed by atoms with Crippen LogP contribution in [0.15, 0.2) is 10.7 Å². The van der Waals surface area contributed by atoms with Crippen molar-refractivity contribution in [1.82, 2.24) is 30.3 Å². The molecule has 0 saturated heterocycles. The molecule has 0 aliphatic heterocycles. The van der Waals surface area contributed by atoms with Gasteiger partial charge in [-0.2, -0.15) is 5.10 Å². The molecular weight excluding hydrogens is 310 g/mol. The fraction of sp³-hybridized carbons (Fsp3) is 0.545. The van der Waals surface area contributed by atoms with Crippen molar-refractivity contribution < 1.29 is 4.79 Å². The van der Waals surface area contributed by atoms with Crippen LogP contribution in [0.25, 0.3) is 0 Å². The van der Waals surface area contributed by atoms with Gasteiger partial charge in [0.25, 0.3) is 0 Å². The Morgan fingerprint density at radius 2 is 2.33 bits per heavy atom. The number of hydrogen-bond donors (Lipinski definition) is 2. The highest BCUT2D eigenvalue weighted by molar-refractivity contribution is 8.01. The maximum atomic E-state index is 12.0. The fourth-order valence-electron chi connectivity index (χ4n) is 1.78. The Kier molecular flexibility index (Phi) is 5.51. The van der Waals surface area contributed by atoms with Crippen LogP contribution >= 0.6 is 23.1 Å². The number of nitrogens with zero attached hydrogens (tertiary/aromatic N) is 5. The van der Waals surface area contributed by atoms with Crippen molar-refractivity contribution in [3.8, 4) is 0 Å². The summed E-state index contributed by atoms with van der Waals surface area (Å²) in [5, 5.41) is 15.1. The van der Waals surface area contributed by atoms with E-state index in [0.29, 0.717) is 9.47 Å². The number of aryl methyl sites for hydroxylation is 1. The van der Waals surface area contributed by atoms with Gasteiger partial charge in [-0.1, -0.05) is 30.0 Å². The van der Waals surface area contributed by atoms with E-state index in [9.17, 15) is 4.79 Å². The van der Waals surface area contributed by atoms with E-state index in [1.54, 1.807) is 4.68 Å². The minimum Gasteiger partial charge on any atom is -0.374 e. The minimum atomic E-state index is -0.139. The van der Waals surface area contributed by atoms with Crippen LogP contribution in [0.3, 0.4) is 0 Å². The van der Waals surface area contributed by atoms with E-state index in [1.807, 2.05) is 13.8 Å². The van der Waals surface area contributed by atoms with Gasteiger partial charge in [-0.25, -0.2) is 9.67 Å². The molecule has 1 atom stereocenters. The fourth-order valence-corrected chi connectivity index (χ4v) is 3.23. The van der Waals surface area contributed by atoms with Crippen LogP contribution in [0.2, 0.25) is 0 Å². The van der Waals surface area contributed by atoms with Gasteiger partial charge in [0.05, 0.1) is 11.8 Å². The van der Waals surface area contributed by atoms with Gasteiger partial charge in [0.15, 0.2) is 4.34 Å². The van der Waals surface area contributed by atoms with Gasteiger partial charge < -0.3 is 11.1 Å². The number of carbonyl (C=O) groups excluding carboxylic acids is 1. The average molecular weight is 327 g/mol. The van der Waals surface area contributed by atoms with Crippen LogP contribution in [0.4, 0.5) is 5.13 Å². The van der Waals surface area contributed by atoms with Crippen LogP contribution < -0.4 is 11.1 Å². The lowest BCUT2D eigenvalue weighted by atomic mass is 10.2. The largest absolute Gasteiger partial charge is 0.374 e. The number of amides is 1. The summed E-state index contributed by atoms with van der Waals surface area (Å²) in [6.45, 7) is 4.71. The van der Waals surface area contributed by atoms with Gasteiger partial charge in [-0.05, 0) is 13.3 Å². The minimum absolute atomic E-state index is 0.0775. The number of rotatable bonds is 7. The quantitative estimate of drug-likeness (QED) is 0.732. The number of carbonyl (C=O) groups is 1. The predicted molar refractivity (Wildman–Crippen MR) is 81.9 cm³/mol. The maximum Gasteiger partial charge on any atom is 0.231 e. The molecule has 10 heteroatoms. The molecule has 0 aliphatic rings. The van der Waals surface area contributed by atoms with E-state index < -0.39 is 0 Å². The van der Waals surface area contributed by atoms with Crippen molar-refractivity contribution in [3.63, 3.8) is 0 Å². The van der Waals surface area contributed by atoms with Gasteiger partial charge >= 0.3 is 0 Å². The van der Waals surface area contributed by atoms with E-state index >= 15 is 0 Å².